The normalized spacial score (nSPS) is 13.9. The Labute approximate surface area is 159 Å². The number of nitrogens with one attached hydrogen (secondary N) is 1. The van der Waals surface area contributed by atoms with Gasteiger partial charge in [0, 0.05) is 13.1 Å². The third kappa shape index (κ3) is 4.65. The van der Waals surface area contributed by atoms with Crippen LogP contribution >= 0.6 is 0 Å². The minimum atomic E-state index is -0.165. The first-order chi connectivity index (χ1) is 13.1. The van der Waals surface area contributed by atoms with Crippen molar-refractivity contribution in [3.63, 3.8) is 0 Å². The van der Waals surface area contributed by atoms with Gasteiger partial charge in [-0.2, -0.15) is 0 Å². The van der Waals surface area contributed by atoms with E-state index in [-0.39, 0.29) is 18.2 Å². The monoisotopic (exact) mass is 368 g/mol. The van der Waals surface area contributed by atoms with Crippen LogP contribution < -0.4 is 10.1 Å². The Bertz CT molecular complexity index is 829. The molecular formula is C21H24N2O4. The molecule has 2 aromatic rings. The Kier molecular flexibility index (Phi) is 6.08. The average molecular weight is 368 g/mol. The van der Waals surface area contributed by atoms with Crippen LogP contribution in [-0.2, 0) is 16.0 Å². The first-order valence-corrected chi connectivity index (χ1v) is 8.98. The molecule has 0 aromatic heterocycles. The number of nitrogens with zero attached hydrogens (tertiary/aromatic N) is 1. The first-order valence-electron chi connectivity index (χ1n) is 8.98. The lowest BCUT2D eigenvalue weighted by atomic mass is 10.1. The predicted molar refractivity (Wildman–Crippen MR) is 103 cm³/mol. The van der Waals surface area contributed by atoms with Gasteiger partial charge in [-0.1, -0.05) is 24.3 Å². The summed E-state index contributed by atoms with van der Waals surface area (Å²) in [5.41, 5.74) is 2.90. The molecule has 1 aliphatic rings. The molecule has 0 radical (unpaired) electrons. The summed E-state index contributed by atoms with van der Waals surface area (Å²) in [6.07, 6.45) is 0.227. The molecule has 0 saturated carbocycles. The summed E-state index contributed by atoms with van der Waals surface area (Å²) in [6.45, 7) is 4.14. The number of ether oxygens (including phenoxy) is 2. The van der Waals surface area contributed by atoms with Gasteiger partial charge < -0.3 is 19.7 Å². The van der Waals surface area contributed by atoms with E-state index in [1.165, 1.54) is 0 Å². The maximum atomic E-state index is 12.8. The van der Waals surface area contributed by atoms with Crippen molar-refractivity contribution in [3.8, 4) is 5.75 Å². The fourth-order valence-corrected chi connectivity index (χ4v) is 3.15. The minimum absolute atomic E-state index is 0.0884. The quantitative estimate of drug-likeness (QED) is 0.881. The highest BCUT2D eigenvalue weighted by Crippen LogP contribution is 2.21. The molecule has 6 nitrogen and oxygen atoms in total. The lowest BCUT2D eigenvalue weighted by molar-refractivity contribution is -0.115. The van der Waals surface area contributed by atoms with Gasteiger partial charge in [-0.25, -0.2) is 0 Å². The largest absolute Gasteiger partial charge is 0.496 e. The number of benzene rings is 2. The molecule has 0 aliphatic carbocycles. The molecule has 2 aromatic carbocycles. The summed E-state index contributed by atoms with van der Waals surface area (Å²) in [5.74, 6) is 0.539. The lowest BCUT2D eigenvalue weighted by Crippen LogP contribution is -2.41. The number of rotatable bonds is 5. The maximum absolute atomic E-state index is 12.8. The third-order valence-corrected chi connectivity index (χ3v) is 4.55. The summed E-state index contributed by atoms with van der Waals surface area (Å²) >= 11 is 0. The van der Waals surface area contributed by atoms with Gasteiger partial charge in [-0.3, -0.25) is 9.59 Å². The number of carbonyl (C=O) groups is 2. The topological polar surface area (TPSA) is 67.9 Å². The fraction of sp³-hybridized carbons (Fsp3) is 0.333. The fourth-order valence-electron chi connectivity index (χ4n) is 3.15. The van der Waals surface area contributed by atoms with Crippen LogP contribution in [0.3, 0.4) is 0 Å². The van der Waals surface area contributed by atoms with Crippen LogP contribution in [0.25, 0.3) is 0 Å². The maximum Gasteiger partial charge on any atom is 0.256 e. The lowest BCUT2D eigenvalue weighted by Gasteiger charge is -2.27. The van der Waals surface area contributed by atoms with Crippen molar-refractivity contribution in [1.29, 1.82) is 0 Å². The molecule has 27 heavy (non-hydrogen) atoms. The van der Waals surface area contributed by atoms with Crippen LogP contribution in [0.1, 0.15) is 21.5 Å². The van der Waals surface area contributed by atoms with E-state index in [0.29, 0.717) is 37.6 Å². The second-order valence-corrected chi connectivity index (χ2v) is 6.48. The van der Waals surface area contributed by atoms with Crippen LogP contribution in [0.4, 0.5) is 5.69 Å². The molecule has 1 heterocycles. The van der Waals surface area contributed by atoms with Crippen molar-refractivity contribution in [2.45, 2.75) is 13.3 Å². The molecule has 0 bridgehead atoms. The molecular weight excluding hydrogens is 344 g/mol. The van der Waals surface area contributed by atoms with Crippen molar-refractivity contribution in [1.82, 2.24) is 4.90 Å². The van der Waals surface area contributed by atoms with Gasteiger partial charge in [0.2, 0.25) is 5.91 Å². The Morgan fingerprint density at radius 2 is 1.89 bits per heavy atom. The van der Waals surface area contributed by atoms with Crippen LogP contribution in [0.5, 0.6) is 5.75 Å². The number of morpholine rings is 1. The van der Waals surface area contributed by atoms with E-state index < -0.39 is 0 Å². The molecule has 142 valence electrons. The zero-order valence-corrected chi connectivity index (χ0v) is 15.7. The molecule has 3 rings (SSSR count). The van der Waals surface area contributed by atoms with Gasteiger partial charge in [-0.05, 0) is 36.2 Å². The standard InChI is InChI=1S/C21H24N2O4/c1-15-13-16(7-8-19(15)26-2)14-20(24)22-18-6-4-3-5-17(18)21(25)23-9-11-27-12-10-23/h3-8,13H,9-12,14H2,1-2H3,(H,22,24). The molecule has 1 saturated heterocycles. The van der Waals surface area contributed by atoms with Crippen molar-refractivity contribution in [2.24, 2.45) is 0 Å². The number of anilines is 1. The van der Waals surface area contributed by atoms with Crippen LogP contribution in [0, 0.1) is 6.92 Å². The van der Waals surface area contributed by atoms with E-state index >= 15 is 0 Å². The number of para-hydroxylation sites is 1. The SMILES string of the molecule is COc1ccc(CC(=O)Nc2ccccc2C(=O)N2CCOCC2)cc1C. The van der Waals surface area contributed by atoms with Gasteiger partial charge in [0.05, 0.1) is 38.0 Å². The number of methoxy groups -OCH3 is 1. The highest BCUT2D eigenvalue weighted by Gasteiger charge is 2.21. The summed E-state index contributed by atoms with van der Waals surface area (Å²) in [6, 6.07) is 12.8. The van der Waals surface area contributed by atoms with E-state index in [0.717, 1.165) is 16.9 Å². The summed E-state index contributed by atoms with van der Waals surface area (Å²) < 4.78 is 10.5. The van der Waals surface area contributed by atoms with Crippen LogP contribution in [0.2, 0.25) is 0 Å². The van der Waals surface area contributed by atoms with Gasteiger partial charge in [-0.15, -0.1) is 0 Å². The average Bonchev–Trinajstić information content (AvgIpc) is 2.68. The van der Waals surface area contributed by atoms with E-state index in [2.05, 4.69) is 5.32 Å². The van der Waals surface area contributed by atoms with Gasteiger partial charge >= 0.3 is 0 Å². The van der Waals surface area contributed by atoms with Crippen molar-refractivity contribution < 1.29 is 19.1 Å². The third-order valence-electron chi connectivity index (χ3n) is 4.55. The zero-order valence-electron chi connectivity index (χ0n) is 15.7. The molecule has 1 N–H and O–H groups in total. The first kappa shape index (κ1) is 18.9. The zero-order chi connectivity index (χ0) is 19.2. The van der Waals surface area contributed by atoms with Crippen molar-refractivity contribution in [3.05, 3.63) is 59.2 Å². The number of carbonyl (C=O) groups excluding carboxylic acids is 2. The predicted octanol–water partition coefficient (Wildman–Crippen LogP) is 2.66. The highest BCUT2D eigenvalue weighted by molar-refractivity contribution is 6.04. The molecule has 0 unspecified atom stereocenters. The Morgan fingerprint density at radius 3 is 2.59 bits per heavy atom. The Morgan fingerprint density at radius 1 is 1.15 bits per heavy atom. The van der Waals surface area contributed by atoms with Gasteiger partial charge in [0.1, 0.15) is 5.75 Å². The van der Waals surface area contributed by atoms with E-state index in [4.69, 9.17) is 9.47 Å². The molecule has 1 fully saturated rings. The minimum Gasteiger partial charge on any atom is -0.496 e. The number of aryl methyl sites for hydroxylation is 1. The van der Waals surface area contributed by atoms with E-state index in [1.807, 2.05) is 31.2 Å². The molecule has 1 aliphatic heterocycles. The van der Waals surface area contributed by atoms with E-state index in [9.17, 15) is 9.59 Å². The molecule has 0 spiro atoms. The highest BCUT2D eigenvalue weighted by atomic mass is 16.5. The second-order valence-electron chi connectivity index (χ2n) is 6.48. The van der Waals surface area contributed by atoms with Gasteiger partial charge in [0.15, 0.2) is 0 Å². The van der Waals surface area contributed by atoms with Crippen LogP contribution in [-0.4, -0.2) is 50.1 Å². The van der Waals surface area contributed by atoms with Crippen molar-refractivity contribution >= 4 is 17.5 Å². The van der Waals surface area contributed by atoms with Crippen LogP contribution in [0.15, 0.2) is 42.5 Å². The summed E-state index contributed by atoms with van der Waals surface area (Å²) in [5, 5.41) is 2.88. The summed E-state index contributed by atoms with van der Waals surface area (Å²) in [4.78, 5) is 27.0. The second kappa shape index (κ2) is 8.68. The molecule has 0 atom stereocenters. The summed E-state index contributed by atoms with van der Waals surface area (Å²) in [7, 11) is 1.62. The number of hydrogen-bond donors (Lipinski definition) is 1. The molecule has 2 amide bonds. The smallest absolute Gasteiger partial charge is 0.256 e. The van der Waals surface area contributed by atoms with Gasteiger partial charge in [0.25, 0.3) is 5.91 Å². The van der Waals surface area contributed by atoms with Crippen molar-refractivity contribution in [2.75, 3.05) is 38.7 Å². The Balaban J connectivity index is 1.71. The number of hydrogen-bond acceptors (Lipinski definition) is 4. The molecule has 6 heteroatoms. The Hall–Kier alpha value is -2.86. The number of amides is 2. The van der Waals surface area contributed by atoms with E-state index in [1.54, 1.807) is 30.2 Å².